The number of rotatable bonds is 5. The maximum Gasteiger partial charge on any atom is 0.249 e. The van der Waals surface area contributed by atoms with Crippen LogP contribution in [0, 0.1) is 5.92 Å². The molecule has 2 heterocycles. The highest BCUT2D eigenvalue weighted by Gasteiger charge is 2.36. The molecule has 1 saturated heterocycles. The minimum atomic E-state index is -0.0392. The van der Waals surface area contributed by atoms with Gasteiger partial charge in [-0.15, -0.1) is 0 Å². The number of ether oxygens (including phenoxy) is 1. The Hall–Kier alpha value is -1.43. The third-order valence-corrected chi connectivity index (χ3v) is 5.59. The quantitative estimate of drug-likeness (QED) is 0.827. The number of nitrogens with zero attached hydrogens (tertiary/aromatic N) is 3. The molecule has 2 aliphatic carbocycles. The van der Waals surface area contributed by atoms with Gasteiger partial charge in [0.05, 0.1) is 12.1 Å². The second-order valence-corrected chi connectivity index (χ2v) is 7.72. The van der Waals surface area contributed by atoms with Crippen LogP contribution in [0.2, 0.25) is 0 Å². The first-order valence-corrected chi connectivity index (χ1v) is 9.45. The number of hydrogen-bond donors (Lipinski definition) is 0. The van der Waals surface area contributed by atoms with E-state index in [1.165, 1.54) is 12.8 Å². The van der Waals surface area contributed by atoms with Gasteiger partial charge < -0.3 is 14.2 Å². The summed E-state index contributed by atoms with van der Waals surface area (Å²) in [7, 11) is 0. The van der Waals surface area contributed by atoms with Crippen molar-refractivity contribution >= 4 is 5.91 Å². The number of carbonyl (C=O) groups excluding carboxylic acids is 1. The van der Waals surface area contributed by atoms with Crippen molar-refractivity contribution < 1.29 is 14.1 Å². The minimum absolute atomic E-state index is 0.0392. The van der Waals surface area contributed by atoms with E-state index in [-0.39, 0.29) is 24.7 Å². The van der Waals surface area contributed by atoms with Gasteiger partial charge in [-0.2, -0.15) is 4.98 Å². The fourth-order valence-corrected chi connectivity index (χ4v) is 4.01. The zero-order valence-corrected chi connectivity index (χ0v) is 14.4. The third kappa shape index (κ3) is 3.48. The Kier molecular flexibility index (Phi) is 4.57. The highest BCUT2D eigenvalue weighted by molar-refractivity contribution is 5.78. The molecular formula is C18H27N3O3. The summed E-state index contributed by atoms with van der Waals surface area (Å²) in [6, 6.07) is -0.0392. The first-order valence-electron chi connectivity index (χ1n) is 9.45. The summed E-state index contributed by atoms with van der Waals surface area (Å²) in [5, 5.41) is 4.13. The Morgan fingerprint density at radius 1 is 1.25 bits per heavy atom. The fraction of sp³-hybridized carbons (Fsp3) is 0.833. The number of hydrogen-bond acceptors (Lipinski definition) is 5. The van der Waals surface area contributed by atoms with E-state index in [1.807, 2.05) is 4.90 Å². The van der Waals surface area contributed by atoms with Crippen LogP contribution in [0.3, 0.4) is 0 Å². The molecule has 2 saturated carbocycles. The van der Waals surface area contributed by atoms with E-state index in [1.54, 1.807) is 0 Å². The van der Waals surface area contributed by atoms with Crippen LogP contribution in [0.25, 0.3) is 0 Å². The van der Waals surface area contributed by atoms with Crippen molar-refractivity contribution in [3.8, 4) is 0 Å². The van der Waals surface area contributed by atoms with E-state index in [4.69, 9.17) is 9.26 Å². The van der Waals surface area contributed by atoms with Crippen molar-refractivity contribution in [2.24, 2.45) is 5.92 Å². The van der Waals surface area contributed by atoms with Crippen molar-refractivity contribution in [1.29, 1.82) is 0 Å². The van der Waals surface area contributed by atoms with Gasteiger partial charge in [-0.05, 0) is 44.4 Å². The lowest BCUT2D eigenvalue weighted by Crippen LogP contribution is -2.35. The van der Waals surface area contributed by atoms with Gasteiger partial charge in [-0.3, -0.25) is 4.79 Å². The van der Waals surface area contributed by atoms with Crippen LogP contribution in [0.1, 0.15) is 82.0 Å². The van der Waals surface area contributed by atoms with Crippen molar-refractivity contribution in [3.05, 3.63) is 11.7 Å². The Labute approximate surface area is 142 Å². The van der Waals surface area contributed by atoms with Crippen LogP contribution in [0.15, 0.2) is 4.52 Å². The predicted molar refractivity (Wildman–Crippen MR) is 87.3 cm³/mol. The Bertz CT molecular complexity index is 584. The van der Waals surface area contributed by atoms with E-state index in [2.05, 4.69) is 17.1 Å². The number of likely N-dealkylation sites (tertiary alicyclic amines) is 1. The van der Waals surface area contributed by atoms with Crippen LogP contribution in [0.4, 0.5) is 0 Å². The lowest BCUT2D eigenvalue weighted by Gasteiger charge is -2.28. The maximum absolute atomic E-state index is 12.6. The molecule has 3 atom stereocenters. The first-order chi connectivity index (χ1) is 11.7. The van der Waals surface area contributed by atoms with E-state index < -0.39 is 0 Å². The minimum Gasteiger partial charge on any atom is -0.368 e. The Morgan fingerprint density at radius 3 is 2.92 bits per heavy atom. The second-order valence-electron chi connectivity index (χ2n) is 7.72. The number of amides is 1. The lowest BCUT2D eigenvalue weighted by atomic mass is 9.89. The molecule has 4 rings (SSSR count). The van der Waals surface area contributed by atoms with Gasteiger partial charge >= 0.3 is 0 Å². The average Bonchev–Trinajstić information content (AvgIpc) is 3.11. The van der Waals surface area contributed by atoms with Crippen molar-refractivity contribution in [2.45, 2.75) is 76.4 Å². The van der Waals surface area contributed by atoms with Gasteiger partial charge in [0.25, 0.3) is 0 Å². The maximum atomic E-state index is 12.6. The smallest absolute Gasteiger partial charge is 0.249 e. The summed E-state index contributed by atoms with van der Waals surface area (Å²) in [4.78, 5) is 19.0. The molecule has 0 N–H and O–H groups in total. The van der Waals surface area contributed by atoms with Crippen molar-refractivity contribution in [2.75, 3.05) is 13.2 Å². The first kappa shape index (κ1) is 16.1. The van der Waals surface area contributed by atoms with Gasteiger partial charge in [0.15, 0.2) is 5.82 Å². The molecule has 0 bridgehead atoms. The van der Waals surface area contributed by atoms with Gasteiger partial charge in [-0.25, -0.2) is 0 Å². The largest absolute Gasteiger partial charge is 0.368 e. The summed E-state index contributed by atoms with van der Waals surface area (Å²) in [6.45, 7) is 3.21. The highest BCUT2D eigenvalue weighted by Crippen LogP contribution is 2.40. The molecule has 3 unspecified atom stereocenters. The van der Waals surface area contributed by atoms with E-state index in [0.717, 1.165) is 51.0 Å². The molecule has 3 aliphatic rings. The number of aromatic nitrogens is 2. The van der Waals surface area contributed by atoms with Crippen molar-refractivity contribution in [1.82, 2.24) is 15.0 Å². The molecule has 6 heteroatoms. The Morgan fingerprint density at radius 2 is 2.12 bits per heavy atom. The summed E-state index contributed by atoms with van der Waals surface area (Å²) in [6.07, 6.45) is 9.07. The van der Waals surface area contributed by atoms with Crippen molar-refractivity contribution in [3.63, 3.8) is 0 Å². The molecule has 1 amide bonds. The van der Waals surface area contributed by atoms with E-state index >= 15 is 0 Å². The fourth-order valence-electron chi connectivity index (χ4n) is 4.01. The van der Waals surface area contributed by atoms with Crippen LogP contribution >= 0.6 is 0 Å². The zero-order chi connectivity index (χ0) is 16.5. The normalized spacial score (nSPS) is 30.7. The van der Waals surface area contributed by atoms with Crippen LogP contribution < -0.4 is 0 Å². The summed E-state index contributed by atoms with van der Waals surface area (Å²) < 4.78 is 11.3. The van der Waals surface area contributed by atoms with Crippen LogP contribution in [-0.4, -0.2) is 40.2 Å². The molecule has 0 spiro atoms. The Balaban J connectivity index is 1.34. The predicted octanol–water partition coefficient (Wildman–Crippen LogP) is 3.21. The molecule has 1 aromatic rings. The van der Waals surface area contributed by atoms with Gasteiger partial charge in [0.1, 0.15) is 6.61 Å². The van der Waals surface area contributed by atoms with Gasteiger partial charge in [0, 0.05) is 12.5 Å². The molecule has 24 heavy (non-hydrogen) atoms. The molecular weight excluding hydrogens is 306 g/mol. The molecule has 0 aromatic carbocycles. The van der Waals surface area contributed by atoms with E-state index in [9.17, 15) is 4.79 Å². The lowest BCUT2D eigenvalue weighted by molar-refractivity contribution is -0.140. The molecule has 6 nitrogen and oxygen atoms in total. The summed E-state index contributed by atoms with van der Waals surface area (Å²) in [5.41, 5.74) is 0. The average molecular weight is 333 g/mol. The zero-order valence-electron chi connectivity index (χ0n) is 14.4. The highest BCUT2D eigenvalue weighted by atomic mass is 16.5. The topological polar surface area (TPSA) is 68.5 Å². The third-order valence-electron chi connectivity index (χ3n) is 5.59. The molecule has 132 valence electrons. The molecule has 1 aliphatic heterocycles. The summed E-state index contributed by atoms with van der Waals surface area (Å²) >= 11 is 0. The van der Waals surface area contributed by atoms with Gasteiger partial charge in [0.2, 0.25) is 11.8 Å². The second kappa shape index (κ2) is 6.82. The van der Waals surface area contributed by atoms with Gasteiger partial charge in [-0.1, -0.05) is 24.9 Å². The molecule has 3 fully saturated rings. The SMILES string of the molecule is CC1CCCC(OCC(=O)N2CCCC2c2noc(C3CC3)n2)C1. The van der Waals surface area contributed by atoms with E-state index in [0.29, 0.717) is 17.7 Å². The summed E-state index contributed by atoms with van der Waals surface area (Å²) in [5.74, 6) is 2.64. The molecule has 0 radical (unpaired) electrons. The monoisotopic (exact) mass is 333 g/mol. The molecule has 1 aromatic heterocycles. The van der Waals surface area contributed by atoms with Crippen LogP contribution in [-0.2, 0) is 9.53 Å². The standard InChI is InChI=1S/C18H27N3O3/c1-12-4-2-5-14(10-12)23-11-16(22)21-9-3-6-15(21)17-19-18(24-20-17)13-7-8-13/h12-15H,2-11H2,1H3. The van der Waals surface area contributed by atoms with Crippen LogP contribution in [0.5, 0.6) is 0 Å². The number of carbonyl (C=O) groups is 1.